The van der Waals surface area contributed by atoms with Gasteiger partial charge in [-0.25, -0.2) is 4.98 Å². The van der Waals surface area contributed by atoms with Gasteiger partial charge in [0.2, 0.25) is 0 Å². The molecule has 7 heteroatoms. The van der Waals surface area contributed by atoms with Crippen LogP contribution in [-0.4, -0.2) is 23.6 Å². The molecule has 0 saturated carbocycles. The van der Waals surface area contributed by atoms with E-state index in [0.717, 1.165) is 50.3 Å². The highest BCUT2D eigenvalue weighted by Gasteiger charge is 2.37. The molecule has 2 aromatic rings. The van der Waals surface area contributed by atoms with Crippen molar-refractivity contribution in [2.45, 2.75) is 58.5 Å². The van der Waals surface area contributed by atoms with Gasteiger partial charge in [0.15, 0.2) is 5.82 Å². The zero-order chi connectivity index (χ0) is 20.6. The molecule has 1 aromatic heterocycles. The zero-order valence-corrected chi connectivity index (χ0v) is 16.7. The smallest absolute Gasteiger partial charge is 0.421 e. The Labute approximate surface area is 164 Å². The third-order valence-electron chi connectivity index (χ3n) is 4.50. The first-order valence-corrected chi connectivity index (χ1v) is 9.77. The topological polar surface area (TPSA) is 38.2 Å². The fraction of sp³-hybridized carbons (Fsp3) is 0.524. The molecule has 0 amide bonds. The molecular weight excluding hydrogens is 367 g/mol. The van der Waals surface area contributed by atoms with Crippen LogP contribution in [0.1, 0.15) is 57.1 Å². The summed E-state index contributed by atoms with van der Waals surface area (Å²) in [7, 11) is 1.60. The second kappa shape index (κ2) is 10.3. The van der Waals surface area contributed by atoms with Crippen molar-refractivity contribution >= 4 is 11.5 Å². The van der Waals surface area contributed by atoms with Gasteiger partial charge in [0.05, 0.1) is 6.61 Å². The van der Waals surface area contributed by atoms with Gasteiger partial charge in [0, 0.05) is 18.9 Å². The minimum Gasteiger partial charge on any atom is -0.463 e. The van der Waals surface area contributed by atoms with Crippen LogP contribution < -0.4 is 9.64 Å². The van der Waals surface area contributed by atoms with Crippen LogP contribution in [0.3, 0.4) is 0 Å². The lowest BCUT2D eigenvalue weighted by atomic mass is 10.0. The van der Waals surface area contributed by atoms with Crippen molar-refractivity contribution < 1.29 is 17.9 Å². The molecule has 154 valence electrons. The normalized spacial score (nSPS) is 11.5. The van der Waals surface area contributed by atoms with E-state index in [1.165, 1.54) is 4.90 Å². The van der Waals surface area contributed by atoms with Crippen molar-refractivity contribution in [3.8, 4) is 6.01 Å². The number of para-hydroxylation sites is 1. The second-order valence-electron chi connectivity index (χ2n) is 6.73. The van der Waals surface area contributed by atoms with E-state index >= 15 is 0 Å². The van der Waals surface area contributed by atoms with Crippen LogP contribution in [0.15, 0.2) is 30.5 Å². The number of aryl methyl sites for hydroxylation is 1. The SMILES string of the molecule is CCCCCc1ccccc1N(C)c1nc(OCCCC)ncc1C(F)(F)F. The summed E-state index contributed by atoms with van der Waals surface area (Å²) in [5, 5.41) is 0. The molecule has 0 bridgehead atoms. The molecule has 0 aliphatic heterocycles. The zero-order valence-electron chi connectivity index (χ0n) is 16.7. The van der Waals surface area contributed by atoms with Gasteiger partial charge in [-0.15, -0.1) is 0 Å². The van der Waals surface area contributed by atoms with Crippen LogP contribution >= 0.6 is 0 Å². The number of hydrogen-bond donors (Lipinski definition) is 0. The summed E-state index contributed by atoms with van der Waals surface area (Å²) >= 11 is 0. The van der Waals surface area contributed by atoms with Gasteiger partial charge < -0.3 is 9.64 Å². The van der Waals surface area contributed by atoms with Crippen molar-refractivity contribution in [1.82, 2.24) is 9.97 Å². The lowest BCUT2D eigenvalue weighted by molar-refractivity contribution is -0.137. The highest BCUT2D eigenvalue weighted by molar-refractivity contribution is 5.66. The molecule has 4 nitrogen and oxygen atoms in total. The molecular formula is C21H28F3N3O. The fourth-order valence-electron chi connectivity index (χ4n) is 2.92. The van der Waals surface area contributed by atoms with E-state index in [1.807, 2.05) is 31.2 Å². The Hall–Kier alpha value is -2.31. The maximum atomic E-state index is 13.6. The van der Waals surface area contributed by atoms with Gasteiger partial charge in [-0.1, -0.05) is 51.3 Å². The Bertz CT molecular complexity index is 750. The average molecular weight is 395 g/mol. The van der Waals surface area contributed by atoms with Crippen LogP contribution in [0.4, 0.5) is 24.7 Å². The van der Waals surface area contributed by atoms with Crippen molar-refractivity contribution in [2.24, 2.45) is 0 Å². The number of nitrogens with zero attached hydrogens (tertiary/aromatic N) is 3. The highest BCUT2D eigenvalue weighted by atomic mass is 19.4. The fourth-order valence-corrected chi connectivity index (χ4v) is 2.92. The standard InChI is InChI=1S/C21H28F3N3O/c1-4-6-8-11-16-12-9-10-13-18(16)27(3)19-17(21(22,23)24)15-25-20(26-19)28-14-7-5-2/h9-10,12-13,15H,4-8,11,14H2,1-3H3. The van der Waals surface area contributed by atoms with E-state index in [9.17, 15) is 13.2 Å². The summed E-state index contributed by atoms with van der Waals surface area (Å²) in [6, 6.07) is 7.47. The van der Waals surface area contributed by atoms with E-state index in [1.54, 1.807) is 7.05 Å². The number of unbranched alkanes of at least 4 members (excludes halogenated alkanes) is 3. The van der Waals surface area contributed by atoms with Gasteiger partial charge >= 0.3 is 12.2 Å². The molecule has 0 saturated heterocycles. The molecule has 2 rings (SSSR count). The Morgan fingerprint density at radius 2 is 1.75 bits per heavy atom. The number of anilines is 2. The molecule has 0 spiro atoms. The summed E-state index contributed by atoms with van der Waals surface area (Å²) in [6.45, 7) is 4.50. The number of benzene rings is 1. The van der Waals surface area contributed by atoms with Crippen molar-refractivity contribution in [1.29, 1.82) is 0 Å². The first-order chi connectivity index (χ1) is 13.4. The molecule has 0 radical (unpaired) electrons. The molecule has 1 heterocycles. The molecule has 0 N–H and O–H groups in total. The van der Waals surface area contributed by atoms with Gasteiger partial charge in [-0.3, -0.25) is 0 Å². The average Bonchev–Trinajstić information content (AvgIpc) is 2.67. The first-order valence-electron chi connectivity index (χ1n) is 9.77. The number of ether oxygens (including phenoxy) is 1. The first kappa shape index (κ1) is 22.0. The summed E-state index contributed by atoms with van der Waals surface area (Å²) in [4.78, 5) is 9.34. The van der Waals surface area contributed by atoms with Gasteiger partial charge in [0.1, 0.15) is 5.56 Å². The number of alkyl halides is 3. The van der Waals surface area contributed by atoms with Crippen molar-refractivity contribution in [3.05, 3.63) is 41.6 Å². The summed E-state index contributed by atoms with van der Waals surface area (Å²) in [5.74, 6) is -0.197. The second-order valence-corrected chi connectivity index (χ2v) is 6.73. The third kappa shape index (κ3) is 5.84. The Balaban J connectivity index is 2.39. The maximum absolute atomic E-state index is 13.6. The Morgan fingerprint density at radius 3 is 2.43 bits per heavy atom. The van der Waals surface area contributed by atoms with E-state index in [2.05, 4.69) is 16.9 Å². The minimum atomic E-state index is -4.55. The van der Waals surface area contributed by atoms with Gasteiger partial charge in [-0.05, 0) is 30.9 Å². The predicted octanol–water partition coefficient (Wildman–Crippen LogP) is 6.17. The largest absolute Gasteiger partial charge is 0.463 e. The van der Waals surface area contributed by atoms with Crippen LogP contribution in [0.25, 0.3) is 0 Å². The van der Waals surface area contributed by atoms with E-state index < -0.39 is 11.7 Å². The van der Waals surface area contributed by atoms with E-state index in [0.29, 0.717) is 12.3 Å². The molecule has 0 aliphatic rings. The number of hydrogen-bond acceptors (Lipinski definition) is 4. The van der Waals surface area contributed by atoms with Gasteiger partial charge in [-0.2, -0.15) is 18.2 Å². The lowest BCUT2D eigenvalue weighted by Gasteiger charge is -2.25. The summed E-state index contributed by atoms with van der Waals surface area (Å²) in [5.41, 5.74) is 0.835. The number of aromatic nitrogens is 2. The molecule has 28 heavy (non-hydrogen) atoms. The van der Waals surface area contributed by atoms with Crippen molar-refractivity contribution in [3.63, 3.8) is 0 Å². The van der Waals surface area contributed by atoms with Crippen molar-refractivity contribution in [2.75, 3.05) is 18.6 Å². The highest BCUT2D eigenvalue weighted by Crippen LogP contribution is 2.38. The van der Waals surface area contributed by atoms with Crippen LogP contribution in [0, 0.1) is 0 Å². The maximum Gasteiger partial charge on any atom is 0.421 e. The van der Waals surface area contributed by atoms with Gasteiger partial charge in [0.25, 0.3) is 0 Å². The Kier molecular flexibility index (Phi) is 8.08. The monoisotopic (exact) mass is 395 g/mol. The minimum absolute atomic E-state index is 0.0354. The number of rotatable bonds is 10. The summed E-state index contributed by atoms with van der Waals surface area (Å²) in [6.07, 6.45) is 1.91. The molecule has 0 atom stereocenters. The summed E-state index contributed by atoms with van der Waals surface area (Å²) < 4.78 is 46.1. The molecule has 1 aromatic carbocycles. The lowest BCUT2D eigenvalue weighted by Crippen LogP contribution is -2.20. The molecule has 0 fully saturated rings. The molecule has 0 unspecified atom stereocenters. The Morgan fingerprint density at radius 1 is 1.04 bits per heavy atom. The van der Waals surface area contributed by atoms with E-state index in [4.69, 9.17) is 4.74 Å². The van der Waals surface area contributed by atoms with E-state index in [-0.39, 0.29) is 11.8 Å². The van der Waals surface area contributed by atoms with Crippen LogP contribution in [-0.2, 0) is 12.6 Å². The quantitative estimate of drug-likeness (QED) is 0.451. The predicted molar refractivity (Wildman–Crippen MR) is 105 cm³/mol. The van der Waals surface area contributed by atoms with Crippen LogP contribution in [0.5, 0.6) is 6.01 Å². The van der Waals surface area contributed by atoms with Crippen LogP contribution in [0.2, 0.25) is 0 Å². The third-order valence-corrected chi connectivity index (χ3v) is 4.50. The number of halogens is 3. The molecule has 0 aliphatic carbocycles.